The molecule has 236 valence electrons. The van der Waals surface area contributed by atoms with E-state index in [1.54, 1.807) is 29.2 Å². The number of anilines is 1. The lowest BCUT2D eigenvalue weighted by molar-refractivity contribution is 0.0468. The molecule has 0 aromatic heterocycles. The van der Waals surface area contributed by atoms with E-state index in [2.05, 4.69) is 11.4 Å². The number of carbonyl (C=O) groups is 3. The molecule has 0 spiro atoms. The Morgan fingerprint density at radius 2 is 1.62 bits per heavy atom. The third-order valence-electron chi connectivity index (χ3n) is 7.83. The van der Waals surface area contributed by atoms with E-state index >= 15 is 0 Å². The Morgan fingerprint density at radius 3 is 2.38 bits per heavy atom. The van der Waals surface area contributed by atoms with E-state index in [1.807, 2.05) is 42.5 Å². The van der Waals surface area contributed by atoms with Crippen LogP contribution in [0.15, 0.2) is 77.8 Å². The monoisotopic (exact) mass is 612 g/mol. The highest BCUT2D eigenvalue weighted by molar-refractivity contribution is 6.07. The summed E-state index contributed by atoms with van der Waals surface area (Å²) in [5.74, 6) is -0.0646. The van der Waals surface area contributed by atoms with Gasteiger partial charge in [0.05, 0.1) is 31.2 Å². The molecule has 0 aliphatic carbocycles. The predicted octanol–water partition coefficient (Wildman–Crippen LogP) is 5.17. The average Bonchev–Trinajstić information content (AvgIpc) is 3.51. The Balaban J connectivity index is 1.02. The largest absolute Gasteiger partial charge is 0.446 e. The average molecular weight is 613 g/mol. The van der Waals surface area contributed by atoms with Crippen LogP contribution in [0, 0.1) is 0 Å². The van der Waals surface area contributed by atoms with Crippen LogP contribution >= 0.6 is 0 Å². The number of nitrogens with two attached hydrogens (primary N) is 1. The summed E-state index contributed by atoms with van der Waals surface area (Å²) in [5, 5.41) is 2.73. The van der Waals surface area contributed by atoms with Crippen molar-refractivity contribution < 1.29 is 28.6 Å². The van der Waals surface area contributed by atoms with Crippen molar-refractivity contribution in [1.82, 2.24) is 4.90 Å². The van der Waals surface area contributed by atoms with E-state index in [-0.39, 0.29) is 17.8 Å². The number of amides is 2. The fraction of sp³-hybridized carbons (Fsp3) is 0.371. The van der Waals surface area contributed by atoms with Gasteiger partial charge in [-0.05, 0) is 47.9 Å². The molecule has 5 rings (SSSR count). The van der Waals surface area contributed by atoms with Crippen molar-refractivity contribution in [3.05, 3.63) is 95.1 Å². The van der Waals surface area contributed by atoms with E-state index in [0.29, 0.717) is 88.6 Å². The molecule has 0 saturated carbocycles. The van der Waals surface area contributed by atoms with Crippen LogP contribution < -0.4 is 11.1 Å². The molecule has 0 atom stereocenters. The summed E-state index contributed by atoms with van der Waals surface area (Å²) in [6.07, 6.45) is 1.93. The number of aliphatic imine (C=N–C) groups is 1. The maximum absolute atomic E-state index is 13.1. The molecule has 0 unspecified atom stereocenters. The van der Waals surface area contributed by atoms with Gasteiger partial charge in [0.25, 0.3) is 5.91 Å². The van der Waals surface area contributed by atoms with Crippen LogP contribution in [-0.2, 0) is 20.6 Å². The van der Waals surface area contributed by atoms with Gasteiger partial charge in [0.2, 0.25) is 0 Å². The SMILES string of the molecule is NCCOCCOCCCC(=O)c1cccc(NC(=O)OC2CCN(C(=O)c3ccc(C4=Nc5ccccc5C4)cc3)CC2)c1. The van der Waals surface area contributed by atoms with Crippen LogP contribution in [-0.4, -0.2) is 80.6 Å². The topological polar surface area (TPSA) is 133 Å². The number of hydrogen-bond donors (Lipinski definition) is 2. The molecule has 2 aliphatic rings. The number of likely N-dealkylation sites (tertiary alicyclic amines) is 1. The number of carbonyl (C=O) groups excluding carboxylic acids is 3. The number of nitrogens with one attached hydrogen (secondary N) is 1. The summed E-state index contributed by atoms with van der Waals surface area (Å²) >= 11 is 0. The van der Waals surface area contributed by atoms with Crippen LogP contribution in [0.3, 0.4) is 0 Å². The van der Waals surface area contributed by atoms with Crippen molar-refractivity contribution in [3.63, 3.8) is 0 Å². The summed E-state index contributed by atoms with van der Waals surface area (Å²) in [6.45, 7) is 3.38. The van der Waals surface area contributed by atoms with Crippen LogP contribution in [0.5, 0.6) is 0 Å². The summed E-state index contributed by atoms with van der Waals surface area (Å²) < 4.78 is 16.4. The maximum Gasteiger partial charge on any atom is 0.411 e. The second kappa shape index (κ2) is 16.1. The number of Topliss-reactive ketones (excluding diaryl/α,β-unsaturated/α-hetero) is 1. The molecule has 10 nitrogen and oxygen atoms in total. The zero-order valence-electron chi connectivity index (χ0n) is 25.4. The molecule has 2 heterocycles. The molecular formula is C35H40N4O6. The number of fused-ring (bicyclic) bond motifs is 1. The number of benzene rings is 3. The Bertz CT molecular complexity index is 1500. The van der Waals surface area contributed by atoms with E-state index in [1.165, 1.54) is 5.56 Å². The molecule has 1 saturated heterocycles. The lowest BCUT2D eigenvalue weighted by Gasteiger charge is -2.31. The van der Waals surface area contributed by atoms with Crippen molar-refractivity contribution in [2.75, 3.05) is 51.4 Å². The molecule has 3 N–H and O–H groups in total. The lowest BCUT2D eigenvalue weighted by Crippen LogP contribution is -2.41. The fourth-order valence-electron chi connectivity index (χ4n) is 5.42. The van der Waals surface area contributed by atoms with Gasteiger partial charge in [-0.2, -0.15) is 0 Å². The van der Waals surface area contributed by atoms with Gasteiger partial charge in [0, 0.05) is 68.7 Å². The minimum Gasteiger partial charge on any atom is -0.446 e. The molecule has 1 fully saturated rings. The number of hydrogen-bond acceptors (Lipinski definition) is 8. The van der Waals surface area contributed by atoms with Gasteiger partial charge in [-0.15, -0.1) is 0 Å². The third-order valence-corrected chi connectivity index (χ3v) is 7.83. The second-order valence-electron chi connectivity index (χ2n) is 11.1. The van der Waals surface area contributed by atoms with Crippen LogP contribution in [0.1, 0.15) is 57.5 Å². The minimum atomic E-state index is -0.581. The highest BCUT2D eigenvalue weighted by Gasteiger charge is 2.26. The predicted molar refractivity (Wildman–Crippen MR) is 173 cm³/mol. The van der Waals surface area contributed by atoms with Gasteiger partial charge in [0.1, 0.15) is 6.10 Å². The second-order valence-corrected chi connectivity index (χ2v) is 11.1. The molecule has 0 bridgehead atoms. The van der Waals surface area contributed by atoms with Crippen molar-refractivity contribution in [3.8, 4) is 0 Å². The minimum absolute atomic E-state index is 0.0282. The normalized spacial score (nSPS) is 14.5. The Labute approximate surface area is 263 Å². The van der Waals surface area contributed by atoms with Crippen molar-refractivity contribution in [2.24, 2.45) is 10.7 Å². The first-order valence-electron chi connectivity index (χ1n) is 15.5. The number of ketones is 1. The van der Waals surface area contributed by atoms with Gasteiger partial charge < -0.3 is 24.8 Å². The molecule has 0 radical (unpaired) electrons. The van der Waals surface area contributed by atoms with Gasteiger partial charge in [-0.1, -0.05) is 42.5 Å². The van der Waals surface area contributed by atoms with Gasteiger partial charge in [-0.3, -0.25) is 19.9 Å². The number of rotatable bonds is 14. The first kappa shape index (κ1) is 32.0. The summed E-state index contributed by atoms with van der Waals surface area (Å²) in [6, 6.07) is 22.6. The van der Waals surface area contributed by atoms with Crippen molar-refractivity contribution in [2.45, 2.75) is 38.2 Å². The molecule has 2 aliphatic heterocycles. The highest BCUT2D eigenvalue weighted by atomic mass is 16.6. The Morgan fingerprint density at radius 1 is 0.867 bits per heavy atom. The van der Waals surface area contributed by atoms with Gasteiger partial charge >= 0.3 is 6.09 Å². The summed E-state index contributed by atoms with van der Waals surface area (Å²) in [7, 11) is 0. The lowest BCUT2D eigenvalue weighted by atomic mass is 10.0. The van der Waals surface area contributed by atoms with Crippen LogP contribution in [0.2, 0.25) is 0 Å². The third kappa shape index (κ3) is 9.07. The van der Waals surface area contributed by atoms with Crippen LogP contribution in [0.4, 0.5) is 16.2 Å². The Hall–Kier alpha value is -4.38. The van der Waals surface area contributed by atoms with E-state index < -0.39 is 6.09 Å². The van der Waals surface area contributed by atoms with E-state index in [4.69, 9.17) is 24.9 Å². The van der Waals surface area contributed by atoms with Gasteiger partial charge in [0.15, 0.2) is 5.78 Å². The van der Waals surface area contributed by atoms with Crippen molar-refractivity contribution in [1.29, 1.82) is 0 Å². The standard InChI is InChI=1S/C35H40N4O6/c36-16-20-44-22-21-43-19-4-9-33(40)28-6-3-7-29(23-28)37-35(42)45-30-14-17-39(18-15-30)34(41)26-12-10-25(11-13-26)32-24-27-5-1-2-8-31(27)38-32/h1-3,5-8,10-13,23,30H,4,9,14-22,24,36H2,(H,37,42). The molecular weight excluding hydrogens is 572 g/mol. The summed E-state index contributed by atoms with van der Waals surface area (Å²) in [4.78, 5) is 44.9. The zero-order valence-corrected chi connectivity index (χ0v) is 25.4. The molecule has 10 heteroatoms. The van der Waals surface area contributed by atoms with Crippen LogP contribution in [0.25, 0.3) is 0 Å². The first-order valence-corrected chi connectivity index (χ1v) is 15.5. The van der Waals surface area contributed by atoms with Gasteiger partial charge in [-0.25, -0.2) is 4.79 Å². The first-order chi connectivity index (χ1) is 22.0. The number of ether oxygens (including phenoxy) is 3. The molecule has 3 aromatic rings. The fourth-order valence-corrected chi connectivity index (χ4v) is 5.42. The maximum atomic E-state index is 13.1. The Kier molecular flexibility index (Phi) is 11.4. The van der Waals surface area contributed by atoms with E-state index in [9.17, 15) is 14.4 Å². The smallest absolute Gasteiger partial charge is 0.411 e. The van der Waals surface area contributed by atoms with Crippen molar-refractivity contribution >= 4 is 34.9 Å². The van der Waals surface area contributed by atoms with E-state index in [0.717, 1.165) is 23.4 Å². The number of piperidine rings is 1. The zero-order chi connectivity index (χ0) is 31.4. The highest BCUT2D eigenvalue weighted by Crippen LogP contribution is 2.28. The number of nitrogens with zero attached hydrogens (tertiary/aromatic N) is 2. The summed E-state index contributed by atoms with van der Waals surface area (Å²) in [5.41, 5.74) is 11.2. The number of para-hydroxylation sites is 1. The quantitative estimate of drug-likeness (QED) is 0.190. The molecule has 3 aromatic carbocycles. The molecule has 2 amide bonds. The molecule has 45 heavy (non-hydrogen) atoms.